The average molecular weight is 425 g/mol. The van der Waals surface area contributed by atoms with Gasteiger partial charge in [0.05, 0.1) is 32.6 Å². The van der Waals surface area contributed by atoms with Crippen molar-refractivity contribution in [2.75, 3.05) is 28.4 Å². The number of aliphatic hydroxyl groups is 1. The maximum absolute atomic E-state index is 13.4. The zero-order valence-electron chi connectivity index (χ0n) is 17.7. The molecule has 0 aromatic heterocycles. The van der Waals surface area contributed by atoms with Crippen molar-refractivity contribution in [3.63, 3.8) is 0 Å². The van der Waals surface area contributed by atoms with Gasteiger partial charge in [-0.25, -0.2) is 0 Å². The highest BCUT2D eigenvalue weighted by Crippen LogP contribution is 2.41. The highest BCUT2D eigenvalue weighted by atomic mass is 16.5. The third-order valence-corrected chi connectivity index (χ3v) is 5.28. The zero-order chi connectivity index (χ0) is 22.8. The quantitative estimate of drug-likeness (QED) is 0.409. The minimum absolute atomic E-state index is 0.208. The summed E-state index contributed by atoms with van der Waals surface area (Å²) in [4.78, 5) is 39.8. The van der Waals surface area contributed by atoms with Crippen LogP contribution in [0.1, 0.15) is 22.3 Å². The van der Waals surface area contributed by atoms with E-state index < -0.39 is 29.7 Å². The number of ketones is 2. The van der Waals surface area contributed by atoms with Gasteiger partial charge in [0, 0.05) is 12.6 Å². The van der Waals surface area contributed by atoms with Gasteiger partial charge in [-0.15, -0.1) is 0 Å². The number of rotatable bonds is 7. The highest BCUT2D eigenvalue weighted by molar-refractivity contribution is 6.34. The van der Waals surface area contributed by atoms with Crippen molar-refractivity contribution in [1.82, 2.24) is 4.90 Å². The second kappa shape index (κ2) is 8.61. The van der Waals surface area contributed by atoms with Crippen LogP contribution in [-0.4, -0.2) is 61.6 Å². The van der Waals surface area contributed by atoms with E-state index in [4.69, 9.17) is 9.47 Å². The normalized spacial score (nSPS) is 18.2. The van der Waals surface area contributed by atoms with Crippen molar-refractivity contribution in [3.8, 4) is 11.5 Å². The summed E-state index contributed by atoms with van der Waals surface area (Å²) < 4.78 is 14.9. The molecule has 0 bridgehead atoms. The average Bonchev–Trinajstić information content (AvgIpc) is 2.99. The van der Waals surface area contributed by atoms with Crippen LogP contribution in [-0.2, 0) is 14.3 Å². The van der Waals surface area contributed by atoms with E-state index in [1.165, 1.54) is 38.3 Å². The van der Waals surface area contributed by atoms with Gasteiger partial charge in [0.15, 0.2) is 5.78 Å². The maximum atomic E-state index is 13.4. The minimum Gasteiger partial charge on any atom is -0.497 e. The first-order chi connectivity index (χ1) is 14.8. The summed E-state index contributed by atoms with van der Waals surface area (Å²) in [5.41, 5.74) is -1.51. The predicted octanol–water partition coefficient (Wildman–Crippen LogP) is 2.06. The Morgan fingerprint density at radius 3 is 1.94 bits per heavy atom. The van der Waals surface area contributed by atoms with E-state index in [1.54, 1.807) is 36.4 Å². The lowest BCUT2D eigenvalue weighted by atomic mass is 9.94. The van der Waals surface area contributed by atoms with Gasteiger partial charge >= 0.3 is 5.97 Å². The van der Waals surface area contributed by atoms with Gasteiger partial charge in [-0.3, -0.25) is 14.4 Å². The topological polar surface area (TPSA) is 102 Å². The number of benzene rings is 2. The first kappa shape index (κ1) is 22.0. The van der Waals surface area contributed by atoms with Crippen molar-refractivity contribution in [1.29, 1.82) is 0 Å². The van der Waals surface area contributed by atoms with Gasteiger partial charge < -0.3 is 24.2 Å². The van der Waals surface area contributed by atoms with E-state index in [0.717, 1.165) is 7.11 Å². The molecule has 31 heavy (non-hydrogen) atoms. The second-order valence-electron chi connectivity index (χ2n) is 6.97. The van der Waals surface area contributed by atoms with Crippen LogP contribution in [0, 0.1) is 0 Å². The predicted molar refractivity (Wildman–Crippen MR) is 112 cm³/mol. The van der Waals surface area contributed by atoms with Gasteiger partial charge in [0.25, 0.3) is 0 Å². The summed E-state index contributed by atoms with van der Waals surface area (Å²) in [6, 6.07) is 13.0. The molecule has 162 valence electrons. The summed E-state index contributed by atoms with van der Waals surface area (Å²) in [7, 11) is 5.64. The lowest BCUT2D eigenvalue weighted by Gasteiger charge is -2.31. The zero-order valence-corrected chi connectivity index (χ0v) is 17.7. The Balaban J connectivity index is 2.15. The number of methoxy groups -OCH3 is 3. The fourth-order valence-corrected chi connectivity index (χ4v) is 3.47. The molecule has 1 N–H and O–H groups in total. The van der Waals surface area contributed by atoms with Crippen LogP contribution in [0.4, 0.5) is 0 Å². The second-order valence-corrected chi connectivity index (χ2v) is 6.97. The summed E-state index contributed by atoms with van der Waals surface area (Å²) in [6.07, 6.45) is -0.627. The SMILES string of the molecule is COC(=O)CC1(O)C(=O)C(C(=O)c2ccc(OC)cc2)=C(c2ccc(OC)cc2)N1C. The smallest absolute Gasteiger partial charge is 0.310 e. The van der Waals surface area contributed by atoms with Gasteiger partial charge in [0.1, 0.15) is 17.9 Å². The Morgan fingerprint density at radius 1 is 0.935 bits per heavy atom. The largest absolute Gasteiger partial charge is 0.497 e. The molecule has 0 fully saturated rings. The van der Waals surface area contributed by atoms with Crippen LogP contribution in [0.3, 0.4) is 0 Å². The van der Waals surface area contributed by atoms with Gasteiger partial charge in [-0.2, -0.15) is 0 Å². The Kier molecular flexibility index (Phi) is 6.12. The van der Waals surface area contributed by atoms with E-state index >= 15 is 0 Å². The molecule has 1 aliphatic rings. The number of carbonyl (C=O) groups excluding carboxylic acids is 3. The van der Waals surface area contributed by atoms with Crippen LogP contribution in [0.2, 0.25) is 0 Å². The van der Waals surface area contributed by atoms with Crippen LogP contribution >= 0.6 is 0 Å². The Hall–Kier alpha value is -3.65. The number of hydrogen-bond acceptors (Lipinski definition) is 8. The molecule has 1 unspecified atom stereocenters. The molecule has 1 atom stereocenters. The van der Waals surface area contributed by atoms with Crippen LogP contribution in [0.5, 0.6) is 11.5 Å². The minimum atomic E-state index is -2.25. The molecule has 3 rings (SSSR count). The number of carbonyl (C=O) groups is 3. The number of likely N-dealkylation sites (N-methyl/N-ethyl adjacent to an activating group) is 1. The lowest BCUT2D eigenvalue weighted by molar-refractivity contribution is -0.160. The van der Waals surface area contributed by atoms with E-state index in [-0.39, 0.29) is 16.8 Å². The highest BCUT2D eigenvalue weighted by Gasteiger charge is 2.53. The maximum Gasteiger partial charge on any atom is 0.310 e. The van der Waals surface area contributed by atoms with Gasteiger partial charge in [-0.1, -0.05) is 0 Å². The van der Waals surface area contributed by atoms with E-state index in [0.29, 0.717) is 17.1 Å². The number of esters is 1. The Bertz CT molecular complexity index is 1040. The van der Waals surface area contributed by atoms with Crippen molar-refractivity contribution in [2.24, 2.45) is 0 Å². The van der Waals surface area contributed by atoms with Crippen molar-refractivity contribution in [2.45, 2.75) is 12.1 Å². The molecule has 1 heterocycles. The monoisotopic (exact) mass is 425 g/mol. The van der Waals surface area contributed by atoms with E-state index in [2.05, 4.69) is 4.74 Å². The first-order valence-corrected chi connectivity index (χ1v) is 9.42. The lowest BCUT2D eigenvalue weighted by Crippen LogP contribution is -2.49. The molecule has 0 aliphatic carbocycles. The van der Waals surface area contributed by atoms with E-state index in [9.17, 15) is 19.5 Å². The van der Waals surface area contributed by atoms with E-state index in [1.807, 2.05) is 0 Å². The summed E-state index contributed by atoms with van der Waals surface area (Å²) in [6.45, 7) is 0. The van der Waals surface area contributed by atoms with Crippen LogP contribution in [0.15, 0.2) is 54.1 Å². The number of ether oxygens (including phenoxy) is 3. The molecule has 0 spiro atoms. The number of nitrogens with zero attached hydrogens (tertiary/aromatic N) is 1. The molecule has 0 radical (unpaired) electrons. The number of Topliss-reactive ketones (excluding diaryl/α,β-unsaturated/α-hetero) is 2. The molecule has 0 saturated carbocycles. The number of hydrogen-bond donors (Lipinski definition) is 1. The van der Waals surface area contributed by atoms with Crippen LogP contribution in [0.25, 0.3) is 5.70 Å². The fraction of sp³-hybridized carbons (Fsp3) is 0.261. The van der Waals surface area contributed by atoms with Gasteiger partial charge in [-0.05, 0) is 54.1 Å². The third-order valence-electron chi connectivity index (χ3n) is 5.28. The Labute approximate surface area is 179 Å². The summed E-state index contributed by atoms with van der Waals surface area (Å²) in [5, 5.41) is 11.1. The molecule has 8 nitrogen and oxygen atoms in total. The standard InChI is InChI=1S/C23H23NO7/c1-24-20(14-5-9-16(29-2)10-6-14)19(22(27)23(24,28)13-18(25)31-4)21(26)15-7-11-17(30-3)12-8-15/h5-12,28H,13H2,1-4H3. The summed E-state index contributed by atoms with van der Waals surface area (Å²) >= 11 is 0. The molecule has 2 aromatic rings. The van der Waals surface area contributed by atoms with Crippen molar-refractivity contribution in [3.05, 3.63) is 65.2 Å². The molecular formula is C23H23NO7. The third kappa shape index (κ3) is 3.89. The molecule has 0 amide bonds. The molecule has 8 heteroatoms. The molecule has 2 aromatic carbocycles. The molecular weight excluding hydrogens is 402 g/mol. The summed E-state index contributed by atoms with van der Waals surface area (Å²) in [5.74, 6) is -1.09. The Morgan fingerprint density at radius 2 is 1.45 bits per heavy atom. The van der Waals surface area contributed by atoms with Crippen molar-refractivity contribution >= 4 is 23.2 Å². The fourth-order valence-electron chi connectivity index (χ4n) is 3.47. The van der Waals surface area contributed by atoms with Crippen LogP contribution < -0.4 is 9.47 Å². The van der Waals surface area contributed by atoms with Gasteiger partial charge in [0.2, 0.25) is 11.5 Å². The van der Waals surface area contributed by atoms with Crippen molar-refractivity contribution < 1.29 is 33.7 Å². The molecule has 0 saturated heterocycles. The molecule has 1 aliphatic heterocycles. The first-order valence-electron chi connectivity index (χ1n) is 9.42.